The SMILES string of the molecule is N#Cc1ccc(Oc2ccccc2O)nc1. The van der Waals surface area contributed by atoms with Gasteiger partial charge in [0, 0.05) is 12.3 Å². The van der Waals surface area contributed by atoms with Crippen LogP contribution in [0.5, 0.6) is 17.4 Å². The molecule has 0 amide bonds. The van der Waals surface area contributed by atoms with E-state index in [0.29, 0.717) is 17.2 Å². The van der Waals surface area contributed by atoms with Crippen molar-refractivity contribution >= 4 is 0 Å². The Balaban J connectivity index is 2.22. The Labute approximate surface area is 92.4 Å². The molecule has 0 spiro atoms. The van der Waals surface area contributed by atoms with Gasteiger partial charge in [0.2, 0.25) is 5.88 Å². The van der Waals surface area contributed by atoms with E-state index < -0.39 is 0 Å². The molecule has 0 radical (unpaired) electrons. The van der Waals surface area contributed by atoms with Crippen LogP contribution in [0.1, 0.15) is 5.56 Å². The van der Waals surface area contributed by atoms with Crippen molar-refractivity contribution in [3.05, 3.63) is 48.2 Å². The van der Waals surface area contributed by atoms with Crippen LogP contribution in [0.25, 0.3) is 0 Å². The average molecular weight is 212 g/mol. The predicted octanol–water partition coefficient (Wildman–Crippen LogP) is 2.45. The van der Waals surface area contributed by atoms with Gasteiger partial charge in [-0.15, -0.1) is 0 Å². The lowest BCUT2D eigenvalue weighted by Crippen LogP contribution is -1.88. The van der Waals surface area contributed by atoms with Crippen LogP contribution < -0.4 is 4.74 Å². The zero-order valence-corrected chi connectivity index (χ0v) is 8.29. The quantitative estimate of drug-likeness (QED) is 0.830. The molecule has 1 heterocycles. The second-order valence-electron chi connectivity index (χ2n) is 3.07. The molecule has 0 atom stereocenters. The van der Waals surface area contributed by atoms with E-state index >= 15 is 0 Å². The largest absolute Gasteiger partial charge is 0.504 e. The van der Waals surface area contributed by atoms with Crippen molar-refractivity contribution in [3.8, 4) is 23.4 Å². The highest BCUT2D eigenvalue weighted by molar-refractivity contribution is 5.40. The highest BCUT2D eigenvalue weighted by Gasteiger charge is 2.03. The zero-order valence-electron chi connectivity index (χ0n) is 8.29. The molecule has 16 heavy (non-hydrogen) atoms. The summed E-state index contributed by atoms with van der Waals surface area (Å²) < 4.78 is 5.34. The Kier molecular flexibility index (Phi) is 2.70. The maximum absolute atomic E-state index is 9.47. The molecule has 0 saturated carbocycles. The maximum atomic E-state index is 9.47. The molecule has 0 bridgehead atoms. The summed E-state index contributed by atoms with van der Waals surface area (Å²) in [5, 5.41) is 18.1. The van der Waals surface area contributed by atoms with Crippen LogP contribution in [0.3, 0.4) is 0 Å². The van der Waals surface area contributed by atoms with Gasteiger partial charge in [0.25, 0.3) is 0 Å². The molecule has 2 aromatic rings. The summed E-state index contributed by atoms with van der Waals surface area (Å²) in [7, 11) is 0. The fourth-order valence-electron chi connectivity index (χ4n) is 1.16. The molecule has 0 fully saturated rings. The standard InChI is InChI=1S/C12H8N2O2/c13-7-9-5-6-12(14-8-9)16-11-4-2-1-3-10(11)15/h1-6,8,15H. The summed E-state index contributed by atoms with van der Waals surface area (Å²) in [6.45, 7) is 0. The van der Waals surface area contributed by atoms with Gasteiger partial charge < -0.3 is 9.84 Å². The van der Waals surface area contributed by atoms with Crippen LogP contribution in [0.15, 0.2) is 42.6 Å². The first kappa shape index (κ1) is 9.99. The summed E-state index contributed by atoms with van der Waals surface area (Å²) >= 11 is 0. The van der Waals surface area contributed by atoms with Gasteiger partial charge in [0.15, 0.2) is 11.5 Å². The number of hydrogen-bond acceptors (Lipinski definition) is 4. The van der Waals surface area contributed by atoms with Crippen LogP contribution in [0.2, 0.25) is 0 Å². The Morgan fingerprint density at radius 2 is 2.00 bits per heavy atom. The minimum atomic E-state index is 0.0497. The minimum absolute atomic E-state index is 0.0497. The normalized spacial score (nSPS) is 9.44. The first-order valence-corrected chi connectivity index (χ1v) is 4.61. The number of phenols is 1. The number of ether oxygens (including phenoxy) is 1. The molecule has 4 nitrogen and oxygen atoms in total. The van der Waals surface area contributed by atoms with E-state index in [-0.39, 0.29) is 5.75 Å². The molecule has 1 aromatic carbocycles. The Hall–Kier alpha value is -2.54. The van der Waals surface area contributed by atoms with Gasteiger partial charge in [-0.05, 0) is 18.2 Å². The molecule has 78 valence electrons. The van der Waals surface area contributed by atoms with Crippen molar-refractivity contribution in [2.24, 2.45) is 0 Å². The molecule has 1 N–H and O–H groups in total. The van der Waals surface area contributed by atoms with Gasteiger partial charge in [0.1, 0.15) is 6.07 Å². The summed E-state index contributed by atoms with van der Waals surface area (Å²) in [6, 6.07) is 11.7. The second-order valence-corrected chi connectivity index (χ2v) is 3.07. The Morgan fingerprint density at radius 3 is 2.62 bits per heavy atom. The Morgan fingerprint density at radius 1 is 1.19 bits per heavy atom. The molecule has 1 aromatic heterocycles. The van der Waals surface area contributed by atoms with Gasteiger partial charge in [-0.25, -0.2) is 4.98 Å². The fourth-order valence-corrected chi connectivity index (χ4v) is 1.16. The monoisotopic (exact) mass is 212 g/mol. The molecule has 0 aliphatic rings. The third-order valence-electron chi connectivity index (χ3n) is 1.95. The van der Waals surface area contributed by atoms with Crippen molar-refractivity contribution in [3.63, 3.8) is 0 Å². The number of hydrogen-bond donors (Lipinski definition) is 1. The van der Waals surface area contributed by atoms with Crippen LogP contribution in [-0.4, -0.2) is 10.1 Å². The lowest BCUT2D eigenvalue weighted by Gasteiger charge is -2.05. The van der Waals surface area contributed by atoms with E-state index in [0.717, 1.165) is 0 Å². The highest BCUT2D eigenvalue weighted by atomic mass is 16.5. The third-order valence-corrected chi connectivity index (χ3v) is 1.95. The number of nitrogens with zero attached hydrogens (tertiary/aromatic N) is 2. The van der Waals surface area contributed by atoms with Gasteiger partial charge in [-0.1, -0.05) is 12.1 Å². The van der Waals surface area contributed by atoms with Crippen LogP contribution in [0, 0.1) is 11.3 Å². The number of nitriles is 1. The fraction of sp³-hybridized carbons (Fsp3) is 0. The summed E-state index contributed by atoms with van der Waals surface area (Å²) in [4.78, 5) is 3.93. The lowest BCUT2D eigenvalue weighted by molar-refractivity contribution is 0.403. The van der Waals surface area contributed by atoms with Gasteiger partial charge >= 0.3 is 0 Å². The van der Waals surface area contributed by atoms with Crippen LogP contribution in [-0.2, 0) is 0 Å². The molecule has 0 saturated heterocycles. The predicted molar refractivity (Wildman–Crippen MR) is 57.1 cm³/mol. The molecular formula is C12H8N2O2. The number of para-hydroxylation sites is 2. The molecule has 0 aliphatic heterocycles. The summed E-state index contributed by atoms with van der Waals surface area (Å²) in [5.74, 6) is 0.717. The zero-order chi connectivity index (χ0) is 11.4. The van der Waals surface area contributed by atoms with E-state index in [4.69, 9.17) is 10.00 Å². The van der Waals surface area contributed by atoms with Gasteiger partial charge in [0.05, 0.1) is 5.56 Å². The number of rotatable bonds is 2. The Bertz CT molecular complexity index is 529. The first-order chi connectivity index (χ1) is 7.79. The maximum Gasteiger partial charge on any atom is 0.219 e. The first-order valence-electron chi connectivity index (χ1n) is 4.61. The molecule has 0 aliphatic carbocycles. The topological polar surface area (TPSA) is 66.1 Å². The van der Waals surface area contributed by atoms with Crippen molar-refractivity contribution in [2.45, 2.75) is 0 Å². The van der Waals surface area contributed by atoms with Crippen molar-refractivity contribution in [1.29, 1.82) is 5.26 Å². The molecule has 0 unspecified atom stereocenters. The number of benzene rings is 1. The lowest BCUT2D eigenvalue weighted by atomic mass is 10.3. The summed E-state index contributed by atoms with van der Waals surface area (Å²) in [6.07, 6.45) is 1.41. The third kappa shape index (κ3) is 2.10. The van der Waals surface area contributed by atoms with Crippen LogP contribution >= 0.6 is 0 Å². The van der Waals surface area contributed by atoms with E-state index in [9.17, 15) is 5.11 Å². The highest BCUT2D eigenvalue weighted by Crippen LogP contribution is 2.28. The average Bonchev–Trinajstić information content (AvgIpc) is 2.33. The summed E-state index contributed by atoms with van der Waals surface area (Å²) in [5.41, 5.74) is 0.463. The number of aromatic nitrogens is 1. The van der Waals surface area contributed by atoms with Crippen molar-refractivity contribution < 1.29 is 9.84 Å². The van der Waals surface area contributed by atoms with Crippen LogP contribution in [0.4, 0.5) is 0 Å². The molecule has 4 heteroatoms. The minimum Gasteiger partial charge on any atom is -0.504 e. The number of pyridine rings is 1. The molecular weight excluding hydrogens is 204 g/mol. The van der Waals surface area contributed by atoms with Crippen molar-refractivity contribution in [1.82, 2.24) is 4.98 Å². The van der Waals surface area contributed by atoms with E-state index in [1.165, 1.54) is 12.3 Å². The van der Waals surface area contributed by atoms with Crippen molar-refractivity contribution in [2.75, 3.05) is 0 Å². The molecule has 2 rings (SSSR count). The number of phenolic OH excluding ortho intramolecular Hbond substituents is 1. The van der Waals surface area contributed by atoms with E-state index in [1.807, 2.05) is 6.07 Å². The second kappa shape index (κ2) is 4.32. The number of aromatic hydroxyl groups is 1. The van der Waals surface area contributed by atoms with Gasteiger partial charge in [-0.3, -0.25) is 0 Å². The van der Waals surface area contributed by atoms with E-state index in [2.05, 4.69) is 4.98 Å². The van der Waals surface area contributed by atoms with E-state index in [1.54, 1.807) is 30.3 Å². The van der Waals surface area contributed by atoms with Gasteiger partial charge in [-0.2, -0.15) is 5.26 Å². The smallest absolute Gasteiger partial charge is 0.219 e.